The Kier molecular flexibility index (Phi) is 5.60. The summed E-state index contributed by atoms with van der Waals surface area (Å²) < 4.78 is 4.88. The quantitative estimate of drug-likeness (QED) is 0.670. The average molecular weight is 215 g/mol. The number of nitrogens with one attached hydrogen (secondary N) is 1. The SMILES string of the molecule is COCCC(N)C(=O)NN1CCCCC1. The highest BCUT2D eigenvalue weighted by Gasteiger charge is 2.17. The fraction of sp³-hybridized carbons (Fsp3) is 0.900. The molecule has 3 N–H and O–H groups in total. The van der Waals surface area contributed by atoms with E-state index in [2.05, 4.69) is 5.43 Å². The minimum atomic E-state index is -0.466. The van der Waals surface area contributed by atoms with Gasteiger partial charge >= 0.3 is 0 Å². The molecule has 1 saturated heterocycles. The number of methoxy groups -OCH3 is 1. The van der Waals surface area contributed by atoms with Crippen LogP contribution in [0.3, 0.4) is 0 Å². The molecular formula is C10H21N3O2. The van der Waals surface area contributed by atoms with Crippen LogP contribution in [-0.4, -0.2) is 43.8 Å². The van der Waals surface area contributed by atoms with Crippen LogP contribution >= 0.6 is 0 Å². The van der Waals surface area contributed by atoms with Gasteiger partial charge in [-0.25, -0.2) is 5.01 Å². The molecule has 0 radical (unpaired) electrons. The zero-order chi connectivity index (χ0) is 11.1. The van der Waals surface area contributed by atoms with Crippen LogP contribution in [-0.2, 0) is 9.53 Å². The highest BCUT2D eigenvalue weighted by molar-refractivity contribution is 5.80. The Bertz CT molecular complexity index is 193. The lowest BCUT2D eigenvalue weighted by molar-refractivity contribution is -0.128. The van der Waals surface area contributed by atoms with Crippen LogP contribution in [0.5, 0.6) is 0 Å². The van der Waals surface area contributed by atoms with Crippen LogP contribution in [0.1, 0.15) is 25.7 Å². The Morgan fingerprint density at radius 2 is 2.13 bits per heavy atom. The standard InChI is InChI=1S/C10H21N3O2/c1-15-8-5-9(11)10(14)12-13-6-3-2-4-7-13/h9H,2-8,11H2,1H3,(H,12,14). The molecular weight excluding hydrogens is 194 g/mol. The lowest BCUT2D eigenvalue weighted by Crippen LogP contribution is -2.51. The maximum absolute atomic E-state index is 11.6. The van der Waals surface area contributed by atoms with Crippen molar-refractivity contribution in [1.29, 1.82) is 0 Å². The van der Waals surface area contributed by atoms with E-state index in [0.717, 1.165) is 25.9 Å². The highest BCUT2D eigenvalue weighted by atomic mass is 16.5. The number of ether oxygens (including phenoxy) is 1. The largest absolute Gasteiger partial charge is 0.385 e. The van der Waals surface area contributed by atoms with Gasteiger partial charge in [0.2, 0.25) is 0 Å². The van der Waals surface area contributed by atoms with Gasteiger partial charge in [-0.15, -0.1) is 0 Å². The molecule has 1 aliphatic rings. The predicted octanol–water partition coefficient (Wildman–Crippen LogP) is -0.133. The number of carbonyl (C=O) groups is 1. The first kappa shape index (κ1) is 12.4. The van der Waals surface area contributed by atoms with E-state index >= 15 is 0 Å². The van der Waals surface area contributed by atoms with Crippen molar-refractivity contribution in [2.45, 2.75) is 31.7 Å². The summed E-state index contributed by atoms with van der Waals surface area (Å²) in [6.07, 6.45) is 4.11. The van der Waals surface area contributed by atoms with Crippen LogP contribution in [0.4, 0.5) is 0 Å². The number of piperidine rings is 1. The topological polar surface area (TPSA) is 67.6 Å². The van der Waals surface area contributed by atoms with Crippen molar-refractivity contribution < 1.29 is 9.53 Å². The smallest absolute Gasteiger partial charge is 0.251 e. The van der Waals surface area contributed by atoms with E-state index in [1.807, 2.05) is 5.01 Å². The Labute approximate surface area is 90.9 Å². The van der Waals surface area contributed by atoms with Crippen molar-refractivity contribution in [2.75, 3.05) is 26.8 Å². The number of carbonyl (C=O) groups excluding carboxylic acids is 1. The molecule has 88 valence electrons. The van der Waals surface area contributed by atoms with Gasteiger partial charge in [-0.2, -0.15) is 0 Å². The lowest BCUT2D eigenvalue weighted by atomic mass is 10.1. The van der Waals surface area contributed by atoms with Crippen LogP contribution in [0.15, 0.2) is 0 Å². The van der Waals surface area contributed by atoms with E-state index in [1.165, 1.54) is 6.42 Å². The Balaban J connectivity index is 2.20. The monoisotopic (exact) mass is 215 g/mol. The molecule has 0 aromatic carbocycles. The second-order valence-corrected chi connectivity index (χ2v) is 3.91. The maximum atomic E-state index is 11.6. The van der Waals surface area contributed by atoms with Crippen molar-refractivity contribution in [2.24, 2.45) is 5.73 Å². The lowest BCUT2D eigenvalue weighted by Gasteiger charge is -2.27. The molecule has 1 heterocycles. The molecule has 15 heavy (non-hydrogen) atoms. The number of hydrazine groups is 1. The molecule has 0 saturated carbocycles. The maximum Gasteiger partial charge on any atom is 0.251 e. The summed E-state index contributed by atoms with van der Waals surface area (Å²) in [5.41, 5.74) is 8.54. The van der Waals surface area contributed by atoms with E-state index in [1.54, 1.807) is 7.11 Å². The van der Waals surface area contributed by atoms with E-state index in [4.69, 9.17) is 10.5 Å². The first-order valence-corrected chi connectivity index (χ1v) is 5.54. The van der Waals surface area contributed by atoms with E-state index in [9.17, 15) is 4.79 Å². The number of nitrogens with two attached hydrogens (primary N) is 1. The van der Waals surface area contributed by atoms with Crippen molar-refractivity contribution >= 4 is 5.91 Å². The van der Waals surface area contributed by atoms with Gasteiger partial charge in [0.25, 0.3) is 5.91 Å². The van der Waals surface area contributed by atoms with Gasteiger partial charge in [-0.1, -0.05) is 6.42 Å². The van der Waals surface area contributed by atoms with Crippen molar-refractivity contribution in [1.82, 2.24) is 10.4 Å². The third-order valence-electron chi connectivity index (χ3n) is 2.59. The molecule has 0 spiro atoms. The van der Waals surface area contributed by atoms with Crippen LogP contribution in [0, 0.1) is 0 Å². The summed E-state index contributed by atoms with van der Waals surface area (Å²) >= 11 is 0. The molecule has 1 unspecified atom stereocenters. The number of amides is 1. The molecule has 5 heteroatoms. The number of hydrogen-bond acceptors (Lipinski definition) is 4. The fourth-order valence-corrected chi connectivity index (χ4v) is 1.62. The van der Waals surface area contributed by atoms with Gasteiger partial charge in [0, 0.05) is 26.8 Å². The summed E-state index contributed by atoms with van der Waals surface area (Å²) in [5, 5.41) is 1.96. The highest BCUT2D eigenvalue weighted by Crippen LogP contribution is 2.05. The van der Waals surface area contributed by atoms with E-state index < -0.39 is 6.04 Å². The van der Waals surface area contributed by atoms with Crippen LogP contribution in [0.25, 0.3) is 0 Å². The molecule has 0 aromatic heterocycles. The first-order valence-electron chi connectivity index (χ1n) is 5.54. The van der Waals surface area contributed by atoms with Gasteiger partial charge in [0.05, 0.1) is 6.04 Å². The molecule has 1 rings (SSSR count). The summed E-state index contributed by atoms with van der Waals surface area (Å²) in [7, 11) is 1.61. The Morgan fingerprint density at radius 1 is 1.47 bits per heavy atom. The summed E-state index contributed by atoms with van der Waals surface area (Å²) in [4.78, 5) is 11.6. The van der Waals surface area contributed by atoms with Gasteiger partial charge in [0.15, 0.2) is 0 Å². The zero-order valence-corrected chi connectivity index (χ0v) is 9.37. The summed E-state index contributed by atoms with van der Waals surface area (Å²) in [5.74, 6) is -0.103. The van der Waals surface area contributed by atoms with Gasteiger partial charge in [-0.05, 0) is 19.3 Å². The zero-order valence-electron chi connectivity index (χ0n) is 9.37. The van der Waals surface area contributed by atoms with Crippen molar-refractivity contribution in [3.63, 3.8) is 0 Å². The molecule has 1 atom stereocenters. The Morgan fingerprint density at radius 3 is 2.73 bits per heavy atom. The predicted molar refractivity (Wildman–Crippen MR) is 58.0 cm³/mol. The number of hydrogen-bond donors (Lipinski definition) is 2. The fourth-order valence-electron chi connectivity index (χ4n) is 1.62. The summed E-state index contributed by atoms with van der Waals surface area (Å²) in [6, 6.07) is -0.466. The molecule has 0 bridgehead atoms. The second-order valence-electron chi connectivity index (χ2n) is 3.91. The minimum absolute atomic E-state index is 0.103. The normalized spacial score (nSPS) is 19.9. The summed E-state index contributed by atoms with van der Waals surface area (Å²) in [6.45, 7) is 2.39. The second kappa shape index (κ2) is 6.76. The van der Waals surface area contributed by atoms with Gasteiger partial charge < -0.3 is 10.5 Å². The van der Waals surface area contributed by atoms with E-state index in [0.29, 0.717) is 13.0 Å². The van der Waals surface area contributed by atoms with Crippen molar-refractivity contribution in [3.05, 3.63) is 0 Å². The molecule has 5 nitrogen and oxygen atoms in total. The van der Waals surface area contributed by atoms with E-state index in [-0.39, 0.29) is 5.91 Å². The molecule has 1 amide bonds. The Hall–Kier alpha value is -0.650. The van der Waals surface area contributed by atoms with Crippen molar-refractivity contribution in [3.8, 4) is 0 Å². The third-order valence-corrected chi connectivity index (χ3v) is 2.59. The van der Waals surface area contributed by atoms with Crippen LogP contribution < -0.4 is 11.2 Å². The minimum Gasteiger partial charge on any atom is -0.385 e. The average Bonchev–Trinajstić information content (AvgIpc) is 2.27. The number of rotatable bonds is 5. The van der Waals surface area contributed by atoms with Gasteiger partial charge in [-0.3, -0.25) is 10.2 Å². The third kappa shape index (κ3) is 4.59. The number of nitrogens with zero attached hydrogens (tertiary/aromatic N) is 1. The molecule has 1 fully saturated rings. The first-order chi connectivity index (χ1) is 7.24. The van der Waals surface area contributed by atoms with Gasteiger partial charge in [0.1, 0.15) is 0 Å². The molecule has 0 aromatic rings. The molecule has 0 aliphatic carbocycles. The molecule has 1 aliphatic heterocycles. The van der Waals surface area contributed by atoms with Crippen LogP contribution in [0.2, 0.25) is 0 Å².